The predicted octanol–water partition coefficient (Wildman–Crippen LogP) is 3.98. The van der Waals surface area contributed by atoms with E-state index in [1.165, 1.54) is 0 Å². The average molecular weight is 440 g/mol. The summed E-state index contributed by atoms with van der Waals surface area (Å²) in [6, 6.07) is 5.30. The van der Waals surface area contributed by atoms with Gasteiger partial charge in [-0.15, -0.1) is 0 Å². The Bertz CT molecular complexity index is 977. The van der Waals surface area contributed by atoms with E-state index in [-0.39, 0.29) is 11.6 Å². The summed E-state index contributed by atoms with van der Waals surface area (Å²) in [4.78, 5) is 39.5. The number of benzene rings is 1. The number of carbonyl (C=O) groups is 3. The highest BCUT2D eigenvalue weighted by molar-refractivity contribution is 6.06. The number of ether oxygens (including phenoxy) is 2. The van der Waals surface area contributed by atoms with Gasteiger partial charge in [-0.3, -0.25) is 9.59 Å². The second-order valence-electron chi connectivity index (χ2n) is 8.27. The van der Waals surface area contributed by atoms with Crippen LogP contribution >= 0.6 is 0 Å². The molecule has 0 radical (unpaired) electrons. The topological polar surface area (TPSA) is 93.1 Å². The molecule has 0 fully saturated rings. The van der Waals surface area contributed by atoms with E-state index < -0.39 is 18.5 Å². The van der Waals surface area contributed by atoms with Crippen molar-refractivity contribution in [2.24, 2.45) is 0 Å². The third kappa shape index (κ3) is 3.92. The van der Waals surface area contributed by atoms with Crippen LogP contribution in [-0.2, 0) is 14.4 Å². The van der Waals surface area contributed by atoms with Crippen LogP contribution in [0, 0.1) is 0 Å². The van der Waals surface area contributed by atoms with Gasteiger partial charge in [0.25, 0.3) is 0 Å². The number of carboxylic acid groups (broad SMARTS) is 1. The summed E-state index contributed by atoms with van der Waals surface area (Å²) >= 11 is 0. The molecule has 0 atom stereocenters. The van der Waals surface area contributed by atoms with Crippen molar-refractivity contribution in [2.75, 3.05) is 19.8 Å². The van der Waals surface area contributed by atoms with Crippen molar-refractivity contribution in [3.05, 3.63) is 46.3 Å². The molecule has 0 bridgehead atoms. The molecule has 0 amide bonds. The number of nitrogens with zero attached hydrogens (tertiary/aromatic N) is 1. The molecule has 170 valence electrons. The van der Waals surface area contributed by atoms with E-state index in [9.17, 15) is 14.4 Å². The van der Waals surface area contributed by atoms with Gasteiger partial charge < -0.3 is 19.5 Å². The van der Waals surface area contributed by atoms with Crippen LogP contribution in [0.25, 0.3) is 0 Å². The highest BCUT2D eigenvalue weighted by atomic mass is 16.5. The third-order valence-electron chi connectivity index (χ3n) is 6.35. The number of Topliss-reactive ketones (excluding diaryl/α,β-unsaturated/α-hetero) is 2. The van der Waals surface area contributed by atoms with Crippen LogP contribution in [0.5, 0.6) is 11.5 Å². The van der Waals surface area contributed by atoms with Crippen LogP contribution in [0.2, 0.25) is 0 Å². The summed E-state index contributed by atoms with van der Waals surface area (Å²) in [7, 11) is 0. The molecule has 1 aromatic rings. The zero-order valence-electron chi connectivity index (χ0n) is 18.6. The van der Waals surface area contributed by atoms with Crippen LogP contribution < -0.4 is 9.47 Å². The molecule has 3 aliphatic rings. The standard InChI is InChI=1S/C25H29NO6/c1-3-26-16-7-5-9-18(27)24(16)23(25-17(26)8-6-10-19(25)28)15-11-12-20(32-14-22(29)30)21(13-15)31-4-2/h11-13,23H,3-10,14H2,1-2H3,(H,29,30). The van der Waals surface area contributed by atoms with Gasteiger partial charge in [-0.2, -0.15) is 0 Å². The molecular formula is C25H29NO6. The first-order valence-electron chi connectivity index (χ1n) is 11.4. The summed E-state index contributed by atoms with van der Waals surface area (Å²) in [6.45, 7) is 4.54. The van der Waals surface area contributed by atoms with E-state index in [0.29, 0.717) is 30.9 Å². The fourth-order valence-corrected chi connectivity index (χ4v) is 5.16. The lowest BCUT2D eigenvalue weighted by molar-refractivity contribution is -0.139. The summed E-state index contributed by atoms with van der Waals surface area (Å²) in [5, 5.41) is 8.96. The van der Waals surface area contributed by atoms with Crippen molar-refractivity contribution < 1.29 is 29.0 Å². The Morgan fingerprint density at radius 3 is 2.12 bits per heavy atom. The van der Waals surface area contributed by atoms with E-state index in [2.05, 4.69) is 11.8 Å². The maximum absolute atomic E-state index is 13.2. The van der Waals surface area contributed by atoms with Crippen LogP contribution in [0.4, 0.5) is 0 Å². The number of aliphatic carboxylic acids is 1. The zero-order valence-corrected chi connectivity index (χ0v) is 18.6. The van der Waals surface area contributed by atoms with Gasteiger partial charge in [0.2, 0.25) is 0 Å². The van der Waals surface area contributed by atoms with Gasteiger partial charge in [0.05, 0.1) is 6.61 Å². The molecule has 0 saturated heterocycles. The van der Waals surface area contributed by atoms with Gasteiger partial charge in [-0.25, -0.2) is 4.79 Å². The van der Waals surface area contributed by atoms with Crippen LogP contribution in [0.3, 0.4) is 0 Å². The van der Waals surface area contributed by atoms with Crippen LogP contribution in [-0.4, -0.2) is 47.3 Å². The van der Waals surface area contributed by atoms with Crippen molar-refractivity contribution in [3.63, 3.8) is 0 Å². The Morgan fingerprint density at radius 1 is 0.969 bits per heavy atom. The minimum Gasteiger partial charge on any atom is -0.490 e. The maximum atomic E-state index is 13.2. The lowest BCUT2D eigenvalue weighted by Gasteiger charge is -2.43. The molecule has 1 aliphatic heterocycles. The molecular weight excluding hydrogens is 410 g/mol. The fraction of sp³-hybridized carbons (Fsp3) is 0.480. The highest BCUT2D eigenvalue weighted by Crippen LogP contribution is 2.49. The largest absolute Gasteiger partial charge is 0.490 e. The van der Waals surface area contributed by atoms with Crippen LogP contribution in [0.15, 0.2) is 40.7 Å². The summed E-state index contributed by atoms with van der Waals surface area (Å²) < 4.78 is 11.1. The van der Waals surface area contributed by atoms with Gasteiger partial charge in [0, 0.05) is 47.8 Å². The van der Waals surface area contributed by atoms with E-state index in [1.54, 1.807) is 12.1 Å². The normalized spacial score (nSPS) is 19.1. The molecule has 0 saturated carbocycles. The minimum absolute atomic E-state index is 0.101. The average Bonchev–Trinajstić information content (AvgIpc) is 2.77. The molecule has 0 spiro atoms. The summed E-state index contributed by atoms with van der Waals surface area (Å²) in [5.74, 6) is -0.547. The van der Waals surface area contributed by atoms with Crippen molar-refractivity contribution in [1.82, 2.24) is 4.90 Å². The Hall–Kier alpha value is -3.09. The Kier molecular flexibility index (Phi) is 6.35. The minimum atomic E-state index is -1.08. The van der Waals surface area contributed by atoms with Crippen molar-refractivity contribution >= 4 is 17.5 Å². The van der Waals surface area contributed by atoms with E-state index in [0.717, 1.165) is 60.3 Å². The number of carboxylic acids is 1. The van der Waals surface area contributed by atoms with Gasteiger partial charge in [0.15, 0.2) is 29.7 Å². The van der Waals surface area contributed by atoms with Gasteiger partial charge >= 0.3 is 5.97 Å². The molecule has 7 nitrogen and oxygen atoms in total. The van der Waals surface area contributed by atoms with Gasteiger partial charge in [-0.05, 0) is 57.2 Å². The van der Waals surface area contributed by atoms with E-state index in [1.807, 2.05) is 13.0 Å². The number of rotatable bonds is 7. The Balaban J connectivity index is 1.86. The van der Waals surface area contributed by atoms with Crippen molar-refractivity contribution in [1.29, 1.82) is 0 Å². The molecule has 4 rings (SSSR count). The quantitative estimate of drug-likeness (QED) is 0.687. The van der Waals surface area contributed by atoms with E-state index >= 15 is 0 Å². The third-order valence-corrected chi connectivity index (χ3v) is 6.35. The lowest BCUT2D eigenvalue weighted by atomic mass is 9.71. The molecule has 7 heteroatoms. The highest BCUT2D eigenvalue weighted by Gasteiger charge is 2.43. The first kappa shape index (κ1) is 22.1. The first-order chi connectivity index (χ1) is 15.5. The molecule has 32 heavy (non-hydrogen) atoms. The second-order valence-corrected chi connectivity index (χ2v) is 8.27. The number of allylic oxidation sites excluding steroid dienone is 4. The second kappa shape index (κ2) is 9.18. The number of carbonyl (C=O) groups excluding carboxylic acids is 2. The molecule has 1 N–H and O–H groups in total. The maximum Gasteiger partial charge on any atom is 0.341 e. The van der Waals surface area contributed by atoms with Crippen molar-refractivity contribution in [3.8, 4) is 11.5 Å². The number of hydrogen-bond donors (Lipinski definition) is 1. The monoisotopic (exact) mass is 439 g/mol. The predicted molar refractivity (Wildman–Crippen MR) is 118 cm³/mol. The van der Waals surface area contributed by atoms with Gasteiger partial charge in [0.1, 0.15) is 0 Å². The molecule has 1 heterocycles. The van der Waals surface area contributed by atoms with Crippen LogP contribution in [0.1, 0.15) is 63.9 Å². The molecule has 0 aromatic heterocycles. The lowest BCUT2D eigenvalue weighted by Crippen LogP contribution is -2.39. The molecule has 1 aromatic carbocycles. The summed E-state index contributed by atoms with van der Waals surface area (Å²) in [6.07, 6.45) is 4.28. The van der Waals surface area contributed by atoms with Gasteiger partial charge in [-0.1, -0.05) is 6.07 Å². The smallest absolute Gasteiger partial charge is 0.341 e. The van der Waals surface area contributed by atoms with E-state index in [4.69, 9.17) is 14.6 Å². The number of ketones is 2. The fourth-order valence-electron chi connectivity index (χ4n) is 5.16. The Labute approximate surface area is 187 Å². The molecule has 0 unspecified atom stereocenters. The van der Waals surface area contributed by atoms with Crippen molar-refractivity contribution in [2.45, 2.75) is 58.3 Å². The first-order valence-corrected chi connectivity index (χ1v) is 11.4. The molecule has 2 aliphatic carbocycles. The number of hydrogen-bond acceptors (Lipinski definition) is 6. The Morgan fingerprint density at radius 2 is 1.59 bits per heavy atom. The summed E-state index contributed by atoms with van der Waals surface area (Å²) in [5.41, 5.74) is 4.36. The zero-order chi connectivity index (χ0) is 22.8. The SMILES string of the molecule is CCOc1cc(C2C3=C(CCCC3=O)N(CC)C3=C2C(=O)CCC3)ccc1OCC(=O)O.